The molecule has 116 valence electrons. The van der Waals surface area contributed by atoms with Crippen LogP contribution in [0.25, 0.3) is 0 Å². The molecule has 2 rings (SSSR count). The summed E-state index contributed by atoms with van der Waals surface area (Å²) in [6.45, 7) is 0.550. The zero-order valence-electron chi connectivity index (χ0n) is 10.8. The molecule has 2 heterocycles. The fourth-order valence-electron chi connectivity index (χ4n) is 2.16. The van der Waals surface area contributed by atoms with Crippen LogP contribution in [0.5, 0.6) is 0 Å². The van der Waals surface area contributed by atoms with Crippen LogP contribution in [0.3, 0.4) is 0 Å². The Morgan fingerprint density at radius 1 is 1.20 bits per heavy atom. The Labute approximate surface area is 115 Å². The average Bonchev–Trinajstić information content (AvgIpc) is 2.98. The molecule has 2 saturated heterocycles. The number of rotatable bonds is 4. The van der Waals surface area contributed by atoms with Crippen LogP contribution in [-0.4, -0.2) is 80.8 Å². The summed E-state index contributed by atoms with van der Waals surface area (Å²) in [5.74, 6) is 0. The van der Waals surface area contributed by atoms with E-state index in [1.807, 2.05) is 0 Å². The Morgan fingerprint density at radius 2 is 1.85 bits per heavy atom. The summed E-state index contributed by atoms with van der Waals surface area (Å²) in [5, 5.41) is 54.0. The van der Waals surface area contributed by atoms with E-state index in [1.165, 1.54) is 5.01 Å². The van der Waals surface area contributed by atoms with Gasteiger partial charge in [-0.25, -0.2) is 0 Å². The number of aliphatic hydroxyl groups excluding tert-OH is 4. The maximum atomic E-state index is 11.5. The van der Waals surface area contributed by atoms with Crippen molar-refractivity contribution in [2.75, 3.05) is 19.7 Å². The summed E-state index contributed by atoms with van der Waals surface area (Å²) in [7, 11) is 0. The first-order chi connectivity index (χ1) is 9.54. The van der Waals surface area contributed by atoms with Crippen molar-refractivity contribution in [3.8, 4) is 0 Å². The highest BCUT2D eigenvalue weighted by molar-refractivity contribution is 4.88. The van der Waals surface area contributed by atoms with Gasteiger partial charge >= 0.3 is 0 Å². The number of hydrogen-bond acceptors (Lipinski definition) is 8. The maximum absolute atomic E-state index is 11.5. The Hall–Kier alpha value is -1.20. The predicted octanol–water partition coefficient (Wildman–Crippen LogP) is -2.31. The summed E-state index contributed by atoms with van der Waals surface area (Å²) < 4.78 is 5.03. The Balaban J connectivity index is 1.95. The molecule has 2 aliphatic rings. The summed E-state index contributed by atoms with van der Waals surface area (Å²) >= 11 is 0. The molecule has 4 N–H and O–H groups in total. The van der Waals surface area contributed by atoms with Gasteiger partial charge in [-0.1, -0.05) is 0 Å². The van der Waals surface area contributed by atoms with E-state index in [2.05, 4.69) is 5.28 Å². The Kier molecular flexibility index (Phi) is 4.94. The standard InChI is InChI=1S/C10H19N3O7/c14-5-6-7(15)8(16)9(17)10(19-6)20-11-13(18)12-3-1-2-4-12/h6-10,14-17H,1-5H2/b13-11-/t6-,7-,8+,9+,10+/m1/s1. The first-order valence-corrected chi connectivity index (χ1v) is 6.44. The van der Waals surface area contributed by atoms with Gasteiger partial charge in [-0.3, -0.25) is 0 Å². The number of aliphatic hydroxyl groups is 4. The van der Waals surface area contributed by atoms with E-state index in [-0.39, 0.29) is 4.97 Å². The van der Waals surface area contributed by atoms with Crippen LogP contribution in [0.15, 0.2) is 5.28 Å². The van der Waals surface area contributed by atoms with Crippen molar-refractivity contribution in [2.45, 2.75) is 43.5 Å². The van der Waals surface area contributed by atoms with E-state index in [9.17, 15) is 20.5 Å². The quantitative estimate of drug-likeness (QED) is 0.257. The van der Waals surface area contributed by atoms with Gasteiger partial charge in [-0.15, -0.1) is 5.01 Å². The lowest BCUT2D eigenvalue weighted by atomic mass is 9.99. The minimum absolute atomic E-state index is 0.258. The van der Waals surface area contributed by atoms with Crippen molar-refractivity contribution < 1.29 is 35.0 Å². The van der Waals surface area contributed by atoms with Gasteiger partial charge in [0.2, 0.25) is 5.28 Å². The molecule has 0 amide bonds. The molecule has 10 nitrogen and oxygen atoms in total. The lowest BCUT2D eigenvalue weighted by Gasteiger charge is -2.37. The van der Waals surface area contributed by atoms with Crippen LogP contribution < -0.4 is 0 Å². The van der Waals surface area contributed by atoms with E-state index in [1.54, 1.807) is 0 Å². The third-order valence-electron chi connectivity index (χ3n) is 3.39. The first-order valence-electron chi connectivity index (χ1n) is 6.44. The van der Waals surface area contributed by atoms with Gasteiger partial charge in [-0.2, -0.15) is 0 Å². The molecule has 20 heavy (non-hydrogen) atoms. The minimum Gasteiger partial charge on any atom is -0.569 e. The van der Waals surface area contributed by atoms with Crippen LogP contribution in [0, 0.1) is 5.21 Å². The number of hydrazine groups is 1. The van der Waals surface area contributed by atoms with E-state index >= 15 is 0 Å². The Morgan fingerprint density at radius 3 is 2.45 bits per heavy atom. The molecular formula is C10H19N3O7. The molecule has 0 radical (unpaired) electrons. The summed E-state index contributed by atoms with van der Waals surface area (Å²) in [4.78, 5) is 5.02. The monoisotopic (exact) mass is 293 g/mol. The fraction of sp³-hybridized carbons (Fsp3) is 1.00. The van der Waals surface area contributed by atoms with E-state index in [0.717, 1.165) is 12.8 Å². The summed E-state index contributed by atoms with van der Waals surface area (Å²) in [6.07, 6.45) is -5.39. The van der Waals surface area contributed by atoms with Crippen LogP contribution >= 0.6 is 0 Å². The molecule has 0 unspecified atom stereocenters. The van der Waals surface area contributed by atoms with E-state index < -0.39 is 37.3 Å². The highest BCUT2D eigenvalue weighted by Gasteiger charge is 2.45. The first kappa shape index (κ1) is 15.2. The number of hydrogen-bond donors (Lipinski definition) is 4. The average molecular weight is 293 g/mol. The zero-order chi connectivity index (χ0) is 14.7. The molecule has 2 fully saturated rings. The molecule has 0 bridgehead atoms. The Bertz CT molecular complexity index is 348. The molecule has 0 saturated carbocycles. The highest BCUT2D eigenvalue weighted by Crippen LogP contribution is 2.22. The lowest BCUT2D eigenvalue weighted by molar-refractivity contribution is -0.710. The third kappa shape index (κ3) is 3.10. The van der Waals surface area contributed by atoms with Gasteiger partial charge in [0.05, 0.1) is 24.7 Å². The zero-order valence-corrected chi connectivity index (χ0v) is 10.8. The predicted molar refractivity (Wildman–Crippen MR) is 61.7 cm³/mol. The van der Waals surface area contributed by atoms with E-state index in [4.69, 9.17) is 14.7 Å². The SMILES string of the molecule is [O-]/[N+](=N\O[C@@H]1O[C@H](CO)[C@@H](O)[C@H](O)[C@@H]1O)N1CCCC1. The second-order valence-electron chi connectivity index (χ2n) is 4.80. The van der Waals surface area contributed by atoms with Crippen molar-refractivity contribution in [1.82, 2.24) is 5.01 Å². The molecule has 2 aliphatic heterocycles. The second-order valence-corrected chi connectivity index (χ2v) is 4.80. The van der Waals surface area contributed by atoms with Gasteiger partial charge in [0.15, 0.2) is 0 Å². The van der Waals surface area contributed by atoms with Gasteiger partial charge < -0.3 is 35.2 Å². The smallest absolute Gasteiger partial charge is 0.262 e. The van der Waals surface area contributed by atoms with Crippen molar-refractivity contribution in [1.29, 1.82) is 0 Å². The number of nitrogens with zero attached hydrogens (tertiary/aromatic N) is 3. The summed E-state index contributed by atoms with van der Waals surface area (Å²) in [6, 6.07) is 0. The molecule has 0 aliphatic carbocycles. The molecule has 0 aromatic carbocycles. The molecule has 10 heteroatoms. The maximum Gasteiger partial charge on any atom is 0.262 e. The second kappa shape index (κ2) is 6.50. The molecule has 0 aromatic rings. The van der Waals surface area contributed by atoms with Crippen LogP contribution in [0.2, 0.25) is 0 Å². The largest absolute Gasteiger partial charge is 0.569 e. The van der Waals surface area contributed by atoms with Crippen LogP contribution in [0.1, 0.15) is 12.8 Å². The van der Waals surface area contributed by atoms with Gasteiger partial charge in [0.25, 0.3) is 6.29 Å². The topological polar surface area (TPSA) is 141 Å². The molecule has 0 spiro atoms. The molecular weight excluding hydrogens is 274 g/mol. The molecule has 0 aromatic heterocycles. The van der Waals surface area contributed by atoms with Gasteiger partial charge in [0.1, 0.15) is 24.4 Å². The van der Waals surface area contributed by atoms with E-state index in [0.29, 0.717) is 13.1 Å². The fourth-order valence-corrected chi connectivity index (χ4v) is 2.16. The van der Waals surface area contributed by atoms with Crippen molar-refractivity contribution >= 4 is 0 Å². The van der Waals surface area contributed by atoms with Crippen molar-refractivity contribution in [3.05, 3.63) is 5.21 Å². The highest BCUT2D eigenvalue weighted by atomic mass is 16.8. The number of ether oxygens (including phenoxy) is 1. The third-order valence-corrected chi connectivity index (χ3v) is 3.39. The normalized spacial score (nSPS) is 39.1. The van der Waals surface area contributed by atoms with Crippen LogP contribution in [-0.2, 0) is 9.57 Å². The minimum atomic E-state index is -1.58. The van der Waals surface area contributed by atoms with Crippen molar-refractivity contribution in [3.63, 3.8) is 0 Å². The van der Waals surface area contributed by atoms with Gasteiger partial charge in [-0.05, 0) is 12.8 Å². The lowest BCUT2D eigenvalue weighted by Crippen LogP contribution is -2.58. The molecule has 5 atom stereocenters. The van der Waals surface area contributed by atoms with Crippen LogP contribution in [0.4, 0.5) is 0 Å². The van der Waals surface area contributed by atoms with Gasteiger partial charge in [0, 0.05) is 0 Å². The van der Waals surface area contributed by atoms with Crippen molar-refractivity contribution in [2.24, 2.45) is 5.28 Å². The summed E-state index contributed by atoms with van der Waals surface area (Å²) in [5.41, 5.74) is 0.